The summed E-state index contributed by atoms with van der Waals surface area (Å²) < 4.78 is 11.2. The van der Waals surface area contributed by atoms with Crippen molar-refractivity contribution in [3.8, 4) is 5.75 Å². The van der Waals surface area contributed by atoms with E-state index in [4.69, 9.17) is 32.7 Å². The minimum Gasteiger partial charge on any atom is -0.494 e. The Morgan fingerprint density at radius 2 is 1.79 bits per heavy atom. The predicted octanol–water partition coefficient (Wildman–Crippen LogP) is 4.77. The Labute approximate surface area is 240 Å². The molecule has 1 saturated heterocycles. The second-order valence-electron chi connectivity index (χ2n) is 10.4. The van der Waals surface area contributed by atoms with Gasteiger partial charge in [-0.1, -0.05) is 49.2 Å². The number of aliphatic hydroxyl groups excluding tert-OH is 1. The molecule has 0 spiro atoms. The topological polar surface area (TPSA) is 82.5 Å². The maximum Gasteiger partial charge on any atom is 0.336 e. The van der Waals surface area contributed by atoms with Gasteiger partial charge in [-0.05, 0) is 55.5 Å². The predicted molar refractivity (Wildman–Crippen MR) is 154 cm³/mol. The fraction of sp³-hybridized carbons (Fsp3) is 0.517. The number of ether oxygens (including phenoxy) is 2. The lowest BCUT2D eigenvalue weighted by molar-refractivity contribution is -0.156. The first-order valence-electron chi connectivity index (χ1n) is 13.6. The van der Waals surface area contributed by atoms with Gasteiger partial charge in [0.05, 0.1) is 28.0 Å². The van der Waals surface area contributed by atoms with E-state index in [0.717, 1.165) is 56.8 Å². The summed E-state index contributed by atoms with van der Waals surface area (Å²) in [5, 5.41) is 11.1. The lowest BCUT2D eigenvalue weighted by Gasteiger charge is -2.36. The number of hydrogen-bond donors (Lipinski definition) is 1. The highest BCUT2D eigenvalue weighted by molar-refractivity contribution is 6.43. The minimum absolute atomic E-state index is 0.121. The van der Waals surface area contributed by atoms with Crippen LogP contribution >= 0.6 is 23.2 Å². The van der Waals surface area contributed by atoms with Crippen molar-refractivity contribution in [2.45, 2.75) is 45.6 Å². The maximum atomic E-state index is 12.6. The van der Waals surface area contributed by atoms with Crippen molar-refractivity contribution in [3.63, 3.8) is 0 Å². The summed E-state index contributed by atoms with van der Waals surface area (Å²) in [7, 11) is 0. The number of nitrogens with zero attached hydrogens (tertiary/aromatic N) is 3. The van der Waals surface area contributed by atoms with Gasteiger partial charge in [0.25, 0.3) is 0 Å². The van der Waals surface area contributed by atoms with Crippen LogP contribution in [0.3, 0.4) is 0 Å². The lowest BCUT2D eigenvalue weighted by Crippen LogP contribution is -2.46. The molecule has 39 heavy (non-hydrogen) atoms. The second kappa shape index (κ2) is 13.7. The van der Waals surface area contributed by atoms with Crippen LogP contribution in [-0.2, 0) is 20.7 Å². The van der Waals surface area contributed by atoms with Crippen molar-refractivity contribution in [1.82, 2.24) is 4.90 Å². The number of fused-ring (bicyclic) bond motifs is 1. The first-order valence-corrected chi connectivity index (χ1v) is 14.3. The lowest BCUT2D eigenvalue weighted by atomic mass is 10.0. The third-order valence-corrected chi connectivity index (χ3v) is 8.06. The smallest absolute Gasteiger partial charge is 0.336 e. The molecule has 0 bridgehead atoms. The number of aryl methyl sites for hydroxylation is 1. The van der Waals surface area contributed by atoms with Crippen LogP contribution in [0, 0.1) is 5.92 Å². The summed E-state index contributed by atoms with van der Waals surface area (Å²) in [5.41, 5.74) is 2.68. The molecule has 4 rings (SSSR count). The van der Waals surface area contributed by atoms with Crippen LogP contribution in [0.5, 0.6) is 5.75 Å². The summed E-state index contributed by atoms with van der Waals surface area (Å²) >= 11 is 12.6. The zero-order chi connectivity index (χ0) is 27.9. The molecule has 1 fully saturated rings. The minimum atomic E-state index is -1.22. The van der Waals surface area contributed by atoms with Gasteiger partial charge in [0, 0.05) is 38.7 Å². The number of hydrogen-bond acceptors (Lipinski definition) is 7. The van der Waals surface area contributed by atoms with Gasteiger partial charge in [-0.25, -0.2) is 4.79 Å². The Hall–Kier alpha value is -2.52. The number of anilines is 2. The number of amides is 1. The van der Waals surface area contributed by atoms with Gasteiger partial charge in [0.2, 0.25) is 5.91 Å². The summed E-state index contributed by atoms with van der Waals surface area (Å²) in [6, 6.07) is 11.5. The zero-order valence-electron chi connectivity index (χ0n) is 22.6. The molecule has 1 amide bonds. The molecule has 0 aliphatic carbocycles. The molecule has 2 heterocycles. The fourth-order valence-corrected chi connectivity index (χ4v) is 5.23. The van der Waals surface area contributed by atoms with E-state index in [1.54, 1.807) is 13.8 Å². The van der Waals surface area contributed by atoms with Gasteiger partial charge < -0.3 is 19.5 Å². The third-order valence-electron chi connectivity index (χ3n) is 7.25. The molecule has 0 aromatic heterocycles. The Bertz CT molecular complexity index is 1150. The molecule has 1 atom stereocenters. The summed E-state index contributed by atoms with van der Waals surface area (Å²) in [4.78, 5) is 30.9. The molecule has 8 nitrogen and oxygen atoms in total. The number of carbonyl (C=O) groups is 2. The van der Waals surface area contributed by atoms with Gasteiger partial charge in [-0.15, -0.1) is 0 Å². The molecule has 1 unspecified atom stereocenters. The average Bonchev–Trinajstić information content (AvgIpc) is 2.93. The normalized spacial score (nSPS) is 16.8. The Kier molecular flexibility index (Phi) is 10.4. The highest BCUT2D eigenvalue weighted by Crippen LogP contribution is 2.33. The van der Waals surface area contributed by atoms with Crippen molar-refractivity contribution in [2.24, 2.45) is 5.92 Å². The van der Waals surface area contributed by atoms with Crippen molar-refractivity contribution in [3.05, 3.63) is 52.0 Å². The summed E-state index contributed by atoms with van der Waals surface area (Å²) in [6.07, 6.45) is 1.68. The number of piperazine rings is 1. The van der Waals surface area contributed by atoms with Gasteiger partial charge >= 0.3 is 5.97 Å². The van der Waals surface area contributed by atoms with E-state index in [2.05, 4.69) is 9.80 Å². The van der Waals surface area contributed by atoms with E-state index in [-0.39, 0.29) is 18.6 Å². The number of esters is 1. The number of benzene rings is 2. The average molecular weight is 579 g/mol. The molecular weight excluding hydrogens is 541 g/mol. The molecule has 0 saturated carbocycles. The molecule has 2 aliphatic rings. The largest absolute Gasteiger partial charge is 0.494 e. The molecule has 10 heteroatoms. The van der Waals surface area contributed by atoms with Crippen LogP contribution < -0.4 is 14.5 Å². The number of unbranched alkanes of at least 4 members (excludes halogenated alkanes) is 1. The number of aliphatic hydroxyl groups is 1. The van der Waals surface area contributed by atoms with Crippen LogP contribution in [0.4, 0.5) is 11.4 Å². The van der Waals surface area contributed by atoms with E-state index < -0.39 is 12.1 Å². The van der Waals surface area contributed by atoms with Crippen LogP contribution in [-0.4, -0.2) is 74.0 Å². The molecular formula is C29H37Cl2N3O5. The van der Waals surface area contributed by atoms with Crippen LogP contribution in [0.25, 0.3) is 0 Å². The van der Waals surface area contributed by atoms with Gasteiger partial charge in [0.1, 0.15) is 5.75 Å². The molecule has 0 radical (unpaired) electrons. The van der Waals surface area contributed by atoms with E-state index >= 15 is 0 Å². The van der Waals surface area contributed by atoms with Gasteiger partial charge in [0.15, 0.2) is 12.8 Å². The number of carbonyl (C=O) groups excluding carboxylic acids is 2. The first kappa shape index (κ1) is 29.5. The molecule has 2 aromatic carbocycles. The monoisotopic (exact) mass is 577 g/mol. The Morgan fingerprint density at radius 3 is 2.54 bits per heavy atom. The van der Waals surface area contributed by atoms with Crippen LogP contribution in [0.2, 0.25) is 10.0 Å². The second-order valence-corrected chi connectivity index (χ2v) is 11.1. The maximum absolute atomic E-state index is 12.6. The van der Waals surface area contributed by atoms with E-state index in [1.807, 2.05) is 36.4 Å². The van der Waals surface area contributed by atoms with Crippen molar-refractivity contribution >= 4 is 46.5 Å². The standard InChI is InChI=1S/C29H37Cl2N3O5/c1-20(2)28(36)29(37)39-19-34-25-18-22(10-8-21(25)9-11-26(34)35)38-17-4-3-12-32-13-15-33(16-14-32)24-7-5-6-23(30)27(24)31/h5-8,10,18,20,28,36H,3-4,9,11-17,19H2,1-2H3. The molecule has 212 valence electrons. The zero-order valence-corrected chi connectivity index (χ0v) is 24.1. The summed E-state index contributed by atoms with van der Waals surface area (Å²) in [5.74, 6) is -0.440. The van der Waals surface area contributed by atoms with Crippen molar-refractivity contribution < 1.29 is 24.2 Å². The van der Waals surface area contributed by atoms with Crippen LogP contribution in [0.1, 0.15) is 38.7 Å². The van der Waals surface area contributed by atoms with Crippen molar-refractivity contribution in [2.75, 3.05) is 55.9 Å². The SMILES string of the molecule is CC(C)C(O)C(=O)OCN1C(=O)CCc2ccc(OCCCCN3CCN(c4cccc(Cl)c4Cl)CC3)cc21. The number of rotatable bonds is 11. The molecule has 2 aromatic rings. The molecule has 2 aliphatic heterocycles. The van der Waals surface area contributed by atoms with E-state index in [1.165, 1.54) is 4.90 Å². The summed E-state index contributed by atoms with van der Waals surface area (Å²) in [6.45, 7) is 8.56. The van der Waals surface area contributed by atoms with E-state index in [0.29, 0.717) is 40.9 Å². The molecule has 1 N–H and O–H groups in total. The van der Waals surface area contributed by atoms with Crippen LogP contribution in [0.15, 0.2) is 36.4 Å². The van der Waals surface area contributed by atoms with Crippen molar-refractivity contribution in [1.29, 1.82) is 0 Å². The highest BCUT2D eigenvalue weighted by Gasteiger charge is 2.28. The third kappa shape index (κ3) is 7.57. The number of halogens is 2. The van der Waals surface area contributed by atoms with Gasteiger partial charge in [-0.3, -0.25) is 14.6 Å². The first-order chi connectivity index (χ1) is 18.7. The Morgan fingerprint density at radius 1 is 1.03 bits per heavy atom. The Balaban J connectivity index is 1.21. The fourth-order valence-electron chi connectivity index (χ4n) is 4.81. The quantitative estimate of drug-likeness (QED) is 0.304. The van der Waals surface area contributed by atoms with E-state index in [9.17, 15) is 14.7 Å². The van der Waals surface area contributed by atoms with Gasteiger partial charge in [-0.2, -0.15) is 0 Å². The highest BCUT2D eigenvalue weighted by atomic mass is 35.5.